The number of hydrogen-bond donors (Lipinski definition) is 0. The molecule has 5 nitrogen and oxygen atoms in total. The van der Waals surface area contributed by atoms with Crippen LogP contribution in [0.2, 0.25) is 0 Å². The molecule has 0 amide bonds. The lowest BCUT2D eigenvalue weighted by Gasteiger charge is -2.10. The molecule has 10 aromatic carbocycles. The first kappa shape index (κ1) is 71.5. The zero-order valence-electron chi connectivity index (χ0n) is 63.8. The van der Waals surface area contributed by atoms with Gasteiger partial charge in [-0.25, -0.2) is 0 Å². The van der Waals surface area contributed by atoms with Gasteiger partial charge in [0.15, 0.2) is 0 Å². The van der Waals surface area contributed by atoms with Gasteiger partial charge >= 0.3 is 0 Å². The van der Waals surface area contributed by atoms with Crippen molar-refractivity contribution in [2.24, 2.45) is 35.2 Å². The molecule has 0 fully saturated rings. The predicted octanol–water partition coefficient (Wildman–Crippen LogP) is 21.6. The lowest BCUT2D eigenvalue weighted by atomic mass is 9.97. The van der Waals surface area contributed by atoms with Gasteiger partial charge in [-0.05, 0) is 257 Å². The molecule has 5 heterocycles. The van der Waals surface area contributed by atoms with Crippen LogP contribution in [0.3, 0.4) is 0 Å². The normalized spacial score (nSPS) is 11.0. The van der Waals surface area contributed by atoms with E-state index in [9.17, 15) is 0 Å². The molecule has 15 aromatic rings. The van der Waals surface area contributed by atoms with Crippen molar-refractivity contribution in [2.45, 2.75) is 111 Å². The van der Waals surface area contributed by atoms with E-state index < -0.39 is 0 Å². The van der Waals surface area contributed by atoms with Gasteiger partial charge in [0.05, 0.1) is 0 Å². The maximum absolute atomic E-state index is 2.31. The number of aromatic nitrogens is 5. The monoisotopic (exact) mass is 1320 g/mol. The van der Waals surface area contributed by atoms with Gasteiger partial charge in [0.2, 0.25) is 56.1 Å². The predicted molar refractivity (Wildman–Crippen MR) is 429 cm³/mol. The average molecular weight is 1330 g/mol. The van der Waals surface area contributed by atoms with E-state index >= 15 is 0 Å². The summed E-state index contributed by atoms with van der Waals surface area (Å²) in [6, 6.07) is 86.2. The number of fused-ring (bicyclic) bond motifs is 5. The Kier molecular flexibility index (Phi) is 21.5. The Morgan fingerprint density at radius 2 is 0.426 bits per heavy atom. The summed E-state index contributed by atoms with van der Waals surface area (Å²) in [7, 11) is 10.8. The Morgan fingerprint density at radius 1 is 0.168 bits per heavy atom. The van der Waals surface area contributed by atoms with Crippen LogP contribution in [-0.2, 0) is 35.2 Å². The molecule has 5 heteroatoms. The van der Waals surface area contributed by atoms with Crippen LogP contribution in [0.4, 0.5) is 0 Å². The largest absolute Gasteiger partial charge is 0.213 e. The summed E-state index contributed by atoms with van der Waals surface area (Å²) in [6.45, 7) is 34.7. The van der Waals surface area contributed by atoms with Gasteiger partial charge in [-0.1, -0.05) is 118 Å². The molecule has 15 rings (SSSR count). The standard InChI is InChI=1S/2C20H22N.2C19H20N.C18H18N/c1-13-6-8-19-17(11-13)7-9-20(21(19)5)18-12-14(2)10-15(3)16(18)4;1-13-6-7-17-8-9-19(21(5)20(17)12-13)18-11-14(2)10-15(3)16(18)4;1-13-6-9-18-16(11-13)8-10-19(20(18)4)17-12-14(2)5-7-15(17)3;1-13-5-7-15(3)17(11-13)18-10-9-16-8-6-14(2)12-19(16)20(18)4;1-13-8-9-15-10-11-17(19(3)18(15)12-13)16-7-5-4-6-14(16)2/h2*6-12H,1-5H3;2*5-12H,1-4H3;4-12H,1-3H3/q5*+1. The number of hydrogen-bond acceptors (Lipinski definition) is 0. The second kappa shape index (κ2) is 30.4. The molecule has 0 saturated carbocycles. The zero-order chi connectivity index (χ0) is 72.2. The van der Waals surface area contributed by atoms with Crippen LogP contribution < -0.4 is 22.8 Å². The van der Waals surface area contributed by atoms with E-state index in [4.69, 9.17) is 0 Å². The van der Waals surface area contributed by atoms with Crippen LogP contribution in [0.5, 0.6) is 0 Å². The van der Waals surface area contributed by atoms with E-state index in [2.05, 4.69) is 405 Å². The van der Waals surface area contributed by atoms with Crippen LogP contribution in [0, 0.1) is 111 Å². The summed E-state index contributed by atoms with van der Waals surface area (Å²) in [5.41, 5.74) is 40.4. The molecule has 5 aromatic heterocycles. The molecule has 0 aliphatic rings. The van der Waals surface area contributed by atoms with Crippen molar-refractivity contribution >= 4 is 54.5 Å². The van der Waals surface area contributed by atoms with Crippen molar-refractivity contribution in [3.8, 4) is 56.3 Å². The van der Waals surface area contributed by atoms with Gasteiger partial charge in [-0.2, -0.15) is 22.8 Å². The molecule has 0 bridgehead atoms. The van der Waals surface area contributed by atoms with Gasteiger partial charge in [-0.15, -0.1) is 0 Å². The van der Waals surface area contributed by atoms with E-state index in [1.165, 1.54) is 200 Å². The molecule has 0 unspecified atom stereocenters. The Hall–Kier alpha value is -10.8. The third-order valence-electron chi connectivity index (χ3n) is 20.6. The molecule has 506 valence electrons. The molecule has 0 N–H and O–H groups in total. The highest BCUT2D eigenvalue weighted by Gasteiger charge is 2.22. The van der Waals surface area contributed by atoms with Crippen LogP contribution in [0.15, 0.2) is 237 Å². The molecule has 0 aliphatic heterocycles. The maximum Gasteiger partial charge on any atom is 0.213 e. The lowest BCUT2D eigenvalue weighted by molar-refractivity contribution is -0.633. The highest BCUT2D eigenvalue weighted by Crippen LogP contribution is 2.31. The second-order valence-corrected chi connectivity index (χ2v) is 28.7. The Morgan fingerprint density at radius 3 is 0.792 bits per heavy atom. The van der Waals surface area contributed by atoms with E-state index in [1.54, 1.807) is 0 Å². The van der Waals surface area contributed by atoms with Gasteiger partial charge in [0.25, 0.3) is 0 Å². The fourth-order valence-corrected chi connectivity index (χ4v) is 14.4. The molecule has 0 radical (unpaired) electrons. The minimum absolute atomic E-state index is 1.26. The van der Waals surface area contributed by atoms with Crippen LogP contribution in [-0.4, -0.2) is 0 Å². The summed E-state index contributed by atoms with van der Waals surface area (Å²) in [5.74, 6) is 0. The van der Waals surface area contributed by atoms with Crippen molar-refractivity contribution in [3.63, 3.8) is 0 Å². The summed E-state index contributed by atoms with van der Waals surface area (Å²) in [6.07, 6.45) is 0. The van der Waals surface area contributed by atoms with Crippen molar-refractivity contribution < 1.29 is 22.8 Å². The summed E-state index contributed by atoms with van der Waals surface area (Å²) >= 11 is 0. The van der Waals surface area contributed by atoms with Gasteiger partial charge in [0.1, 0.15) is 35.2 Å². The van der Waals surface area contributed by atoms with Crippen molar-refractivity contribution in [3.05, 3.63) is 326 Å². The first-order valence-electron chi connectivity index (χ1n) is 35.6. The fourth-order valence-electron chi connectivity index (χ4n) is 14.4. The lowest BCUT2D eigenvalue weighted by Crippen LogP contribution is -2.32. The Bertz CT molecular complexity index is 5670. The molecular formula is C96H102N5+5. The Labute approximate surface area is 601 Å². The molecule has 0 atom stereocenters. The fraction of sp³-hybridized carbons (Fsp3) is 0.219. The SMILES string of the molecule is Cc1cc(C)c(C)c(-c2ccc3cc(C)ccc3[n+]2C)c1.Cc1cc(C)c(C)c(-c2ccc3ccc(C)cc3[n+]2C)c1.Cc1ccc(C)c(-c2ccc3cc(C)ccc3[n+]2C)c1.Cc1ccc(C)c(-c2ccc3ccc(C)cc3[n+]2C)c1.Cc1ccc2ccc(-c3ccccc3C)[n+](C)c2c1. The van der Waals surface area contributed by atoms with Gasteiger partial charge in [-0.3, -0.25) is 0 Å². The quantitative estimate of drug-likeness (QED) is 0.153. The summed E-state index contributed by atoms with van der Waals surface area (Å²) in [4.78, 5) is 0. The molecular weight excluding hydrogens is 1220 g/mol. The van der Waals surface area contributed by atoms with E-state index in [-0.39, 0.29) is 0 Å². The third-order valence-corrected chi connectivity index (χ3v) is 20.6. The number of nitrogens with zero attached hydrogens (tertiary/aromatic N) is 5. The highest BCUT2D eigenvalue weighted by molar-refractivity contribution is 5.83. The van der Waals surface area contributed by atoms with Crippen LogP contribution in [0.25, 0.3) is 111 Å². The number of benzene rings is 10. The van der Waals surface area contributed by atoms with E-state index in [1.807, 2.05) is 0 Å². The van der Waals surface area contributed by atoms with Crippen LogP contribution in [0.1, 0.15) is 89.0 Å². The topological polar surface area (TPSA) is 19.4 Å². The van der Waals surface area contributed by atoms with Crippen molar-refractivity contribution in [1.82, 2.24) is 0 Å². The van der Waals surface area contributed by atoms with E-state index in [0.717, 1.165) is 0 Å². The molecule has 0 aliphatic carbocycles. The number of pyridine rings is 5. The first-order valence-corrected chi connectivity index (χ1v) is 35.6. The minimum atomic E-state index is 1.26. The minimum Gasteiger partial charge on any atom is -0.194 e. The van der Waals surface area contributed by atoms with Gasteiger partial charge < -0.3 is 0 Å². The van der Waals surface area contributed by atoms with Crippen molar-refractivity contribution in [2.75, 3.05) is 0 Å². The first-order chi connectivity index (χ1) is 48.2. The van der Waals surface area contributed by atoms with E-state index in [0.29, 0.717) is 0 Å². The highest BCUT2D eigenvalue weighted by atomic mass is 15.0. The smallest absolute Gasteiger partial charge is 0.194 e. The van der Waals surface area contributed by atoms with Gasteiger partial charge in [0, 0.05) is 115 Å². The zero-order valence-corrected chi connectivity index (χ0v) is 63.8. The molecule has 101 heavy (non-hydrogen) atoms. The number of aryl methyl sites for hydroxylation is 19. The third kappa shape index (κ3) is 15.7. The molecule has 0 saturated heterocycles. The molecule has 0 spiro atoms. The summed E-state index contributed by atoms with van der Waals surface area (Å²) < 4.78 is 11.5. The second-order valence-electron chi connectivity index (χ2n) is 28.7. The maximum atomic E-state index is 2.31. The van der Waals surface area contributed by atoms with Crippen LogP contribution >= 0.6 is 0 Å². The summed E-state index contributed by atoms with van der Waals surface area (Å²) in [5, 5.41) is 6.44. The average Bonchev–Trinajstić information content (AvgIpc) is 0.809. The number of rotatable bonds is 5. The van der Waals surface area contributed by atoms with Crippen molar-refractivity contribution in [1.29, 1.82) is 0 Å². The Balaban J connectivity index is 0.000000127.